The van der Waals surface area contributed by atoms with Crippen LogP contribution in [-0.4, -0.2) is 0 Å². The fraction of sp³-hybridized carbons (Fsp3) is 1.00. The quantitative estimate of drug-likeness (QED) is 0.477. The summed E-state index contributed by atoms with van der Waals surface area (Å²) in [6.07, 6.45) is 5.33. The van der Waals surface area contributed by atoms with Gasteiger partial charge in [0.15, 0.2) is 0 Å². The van der Waals surface area contributed by atoms with E-state index in [0.717, 1.165) is 0 Å². The lowest BCUT2D eigenvalue weighted by atomic mass is 10.0. The van der Waals surface area contributed by atoms with E-state index >= 15 is 0 Å². The summed E-state index contributed by atoms with van der Waals surface area (Å²) in [5.41, 5.74) is 1.00. The molecule has 0 aromatic rings. The fourth-order valence-electron chi connectivity index (χ4n) is 0.354. The van der Waals surface area contributed by atoms with Crippen molar-refractivity contribution in [1.82, 2.24) is 0 Å². The van der Waals surface area contributed by atoms with Gasteiger partial charge in [0.1, 0.15) is 0 Å². The first-order valence-electron chi connectivity index (χ1n) is 7.83. The van der Waals surface area contributed by atoms with Gasteiger partial charge in [-0.25, -0.2) is 0 Å². The molecule has 116 valence electrons. The van der Waals surface area contributed by atoms with Crippen LogP contribution in [-0.2, 0) is 0 Å². The lowest BCUT2D eigenvalue weighted by molar-refractivity contribution is 0.469. The molecule has 0 aliphatic heterocycles. The average molecular weight is 261 g/mol. The number of hydrogen-bond acceptors (Lipinski definition) is 0. The monoisotopic (exact) mass is 260 g/mol. The van der Waals surface area contributed by atoms with Gasteiger partial charge in [-0.05, 0) is 10.8 Å². The van der Waals surface area contributed by atoms with Gasteiger partial charge in [0.2, 0.25) is 0 Å². The first-order valence-corrected chi connectivity index (χ1v) is 7.83. The molecule has 0 bridgehead atoms. The van der Waals surface area contributed by atoms with Crippen LogP contribution >= 0.6 is 0 Å². The Hall–Kier alpha value is 0. The largest absolute Gasteiger partial charge is 0.0656 e. The summed E-state index contributed by atoms with van der Waals surface area (Å²) in [7, 11) is 0. The van der Waals surface area contributed by atoms with Crippen molar-refractivity contribution in [3.05, 3.63) is 0 Å². The summed E-state index contributed by atoms with van der Waals surface area (Å²) in [6, 6.07) is 0. The van der Waals surface area contributed by atoms with Gasteiger partial charge in [-0.2, -0.15) is 0 Å². The van der Waals surface area contributed by atoms with Crippen molar-refractivity contribution in [3.63, 3.8) is 0 Å². The molecule has 0 heterocycles. The Bertz CT molecular complexity index is 83.0. The van der Waals surface area contributed by atoms with Gasteiger partial charge >= 0.3 is 0 Å². The fourth-order valence-corrected chi connectivity index (χ4v) is 0.354. The first kappa shape index (κ1) is 26.5. The SMILES string of the molecule is CC(C)(C)C.CC(C)(C)C.CCC.CCCCC. The Balaban J connectivity index is -0.0000000739. The van der Waals surface area contributed by atoms with E-state index in [-0.39, 0.29) is 0 Å². The molecule has 0 spiro atoms. The molecule has 0 aromatic heterocycles. The molecule has 0 fully saturated rings. The van der Waals surface area contributed by atoms with Crippen LogP contribution in [0, 0.1) is 10.8 Å². The van der Waals surface area contributed by atoms with E-state index in [1.54, 1.807) is 0 Å². The van der Waals surface area contributed by atoms with E-state index < -0.39 is 0 Å². The maximum absolute atomic E-state index is 2.21. The second-order valence-corrected chi connectivity index (χ2v) is 8.06. The molecule has 0 radical (unpaired) electrons. The third-order valence-corrected chi connectivity index (χ3v) is 0.707. The summed E-state index contributed by atoms with van der Waals surface area (Å²) in [5, 5.41) is 0. The van der Waals surface area contributed by atoms with E-state index in [2.05, 4.69) is 83.1 Å². The second-order valence-electron chi connectivity index (χ2n) is 8.06. The minimum atomic E-state index is 0.500. The van der Waals surface area contributed by atoms with Crippen LogP contribution < -0.4 is 0 Å². The van der Waals surface area contributed by atoms with E-state index in [0.29, 0.717) is 10.8 Å². The van der Waals surface area contributed by atoms with E-state index in [9.17, 15) is 0 Å². The summed E-state index contributed by atoms with van der Waals surface area (Å²) in [4.78, 5) is 0. The van der Waals surface area contributed by atoms with Crippen molar-refractivity contribution in [1.29, 1.82) is 0 Å². The first-order chi connectivity index (χ1) is 7.83. The summed E-state index contributed by atoms with van der Waals surface area (Å²) >= 11 is 0. The van der Waals surface area contributed by atoms with E-state index in [1.807, 2.05) is 0 Å². The molecule has 0 atom stereocenters. The van der Waals surface area contributed by atoms with Gasteiger partial charge in [-0.3, -0.25) is 0 Å². The van der Waals surface area contributed by atoms with Gasteiger partial charge in [0.25, 0.3) is 0 Å². The predicted octanol–water partition coefficient (Wildman–Crippen LogP) is 7.72. The highest BCUT2D eigenvalue weighted by Crippen LogP contribution is 2.08. The highest BCUT2D eigenvalue weighted by Gasteiger charge is 1.96. The average Bonchev–Trinajstić information content (AvgIpc) is 2.00. The van der Waals surface area contributed by atoms with Crippen molar-refractivity contribution in [2.45, 2.75) is 109 Å². The van der Waals surface area contributed by atoms with Crippen LogP contribution in [0.1, 0.15) is 109 Å². The molecule has 0 saturated heterocycles. The van der Waals surface area contributed by atoms with Crippen LogP contribution in [0.4, 0.5) is 0 Å². The Morgan fingerprint density at radius 2 is 0.611 bits per heavy atom. The normalized spacial score (nSPS) is 10.0. The molecule has 0 nitrogen and oxygen atoms in total. The Morgan fingerprint density at radius 3 is 0.611 bits per heavy atom. The van der Waals surface area contributed by atoms with Gasteiger partial charge in [-0.15, -0.1) is 0 Å². The zero-order valence-electron chi connectivity index (χ0n) is 15.8. The third-order valence-electron chi connectivity index (χ3n) is 0.707. The molecule has 0 aliphatic rings. The third kappa shape index (κ3) is 900. The molecule has 18 heavy (non-hydrogen) atoms. The van der Waals surface area contributed by atoms with Crippen LogP contribution in [0.5, 0.6) is 0 Å². The summed E-state index contributed by atoms with van der Waals surface area (Å²) in [5.74, 6) is 0. The maximum Gasteiger partial charge on any atom is -0.0411 e. The van der Waals surface area contributed by atoms with Crippen molar-refractivity contribution in [2.75, 3.05) is 0 Å². The van der Waals surface area contributed by atoms with Gasteiger partial charge in [-0.1, -0.05) is 109 Å². The topological polar surface area (TPSA) is 0 Å². The molecule has 0 amide bonds. The zero-order valence-corrected chi connectivity index (χ0v) is 15.8. The Morgan fingerprint density at radius 1 is 0.500 bits per heavy atom. The predicted molar refractivity (Wildman–Crippen MR) is 91.4 cm³/mol. The lowest BCUT2D eigenvalue weighted by Gasteiger charge is -2.05. The number of hydrogen-bond donors (Lipinski definition) is 0. The lowest BCUT2D eigenvalue weighted by Crippen LogP contribution is -1.93. The molecular formula is C18H44. The van der Waals surface area contributed by atoms with Crippen molar-refractivity contribution in [2.24, 2.45) is 10.8 Å². The zero-order chi connectivity index (χ0) is 15.8. The molecular weight excluding hydrogens is 216 g/mol. The van der Waals surface area contributed by atoms with E-state index in [4.69, 9.17) is 0 Å². The minimum Gasteiger partial charge on any atom is -0.0656 e. The number of rotatable bonds is 2. The molecule has 0 saturated carbocycles. The molecule has 0 aromatic carbocycles. The molecule has 0 unspecified atom stereocenters. The van der Waals surface area contributed by atoms with Crippen LogP contribution in [0.2, 0.25) is 0 Å². The highest BCUT2D eigenvalue weighted by atomic mass is 14.0. The maximum atomic E-state index is 2.21. The van der Waals surface area contributed by atoms with Crippen LogP contribution in [0.25, 0.3) is 0 Å². The Labute approximate surface area is 120 Å². The van der Waals surface area contributed by atoms with Crippen molar-refractivity contribution >= 4 is 0 Å². The van der Waals surface area contributed by atoms with Gasteiger partial charge in [0.05, 0.1) is 0 Å². The van der Waals surface area contributed by atoms with Gasteiger partial charge < -0.3 is 0 Å². The van der Waals surface area contributed by atoms with Gasteiger partial charge in [0, 0.05) is 0 Å². The molecule has 0 aliphatic carbocycles. The van der Waals surface area contributed by atoms with E-state index in [1.165, 1.54) is 25.7 Å². The number of unbranched alkanes of at least 4 members (excludes halogenated alkanes) is 2. The molecule has 0 N–H and O–H groups in total. The van der Waals surface area contributed by atoms with Crippen molar-refractivity contribution < 1.29 is 0 Å². The Kier molecular flexibility index (Phi) is 25.1. The minimum absolute atomic E-state index is 0.500. The van der Waals surface area contributed by atoms with Crippen molar-refractivity contribution in [3.8, 4) is 0 Å². The standard InChI is InChI=1S/3C5H12.C3H8/c2*1-5(2,3)4;1-3-5-4-2;1-3-2/h2*1-4H3;3-5H2,1-2H3;3H2,1-2H3. The smallest absolute Gasteiger partial charge is 0.0411 e. The molecule has 0 rings (SSSR count). The summed E-state index contributed by atoms with van der Waals surface area (Å²) < 4.78 is 0. The summed E-state index contributed by atoms with van der Waals surface area (Å²) in [6.45, 7) is 26.2. The molecule has 0 heteroatoms. The second kappa shape index (κ2) is 17.0. The van der Waals surface area contributed by atoms with Crippen LogP contribution in [0.15, 0.2) is 0 Å². The van der Waals surface area contributed by atoms with Crippen LogP contribution in [0.3, 0.4) is 0 Å². The highest BCUT2D eigenvalue weighted by molar-refractivity contribution is 4.47.